The molecule has 4 nitrogen and oxygen atoms in total. The van der Waals surface area contributed by atoms with E-state index in [9.17, 15) is 14.3 Å². The van der Waals surface area contributed by atoms with Crippen molar-refractivity contribution in [2.75, 3.05) is 12.4 Å². The number of rotatable bonds is 3. The fourth-order valence-electron chi connectivity index (χ4n) is 1.64. The van der Waals surface area contributed by atoms with Crippen LogP contribution in [0.4, 0.5) is 10.1 Å². The lowest BCUT2D eigenvalue weighted by molar-refractivity contribution is 0.102. The Kier molecular flexibility index (Phi) is 4.10. The van der Waals surface area contributed by atoms with E-state index >= 15 is 0 Å². The van der Waals surface area contributed by atoms with Gasteiger partial charge in [0.15, 0.2) is 11.5 Å². The molecule has 0 atom stereocenters. The standard InChI is InChI=1S/C14H11ClFNO3/c1-20-12-4-2-3-9(13(12)18)14(19)17-8-5-6-11(16)10(15)7-8/h2-7,18H,1H3,(H,17,19). The van der Waals surface area contributed by atoms with Crippen LogP contribution in [0.15, 0.2) is 36.4 Å². The third-order valence-corrected chi connectivity index (χ3v) is 2.93. The number of para-hydroxylation sites is 1. The minimum atomic E-state index is -0.575. The van der Waals surface area contributed by atoms with Crippen LogP contribution in [-0.4, -0.2) is 18.1 Å². The number of phenolic OH excluding ortho intramolecular Hbond substituents is 1. The molecule has 0 bridgehead atoms. The van der Waals surface area contributed by atoms with Gasteiger partial charge in [0.25, 0.3) is 5.91 Å². The number of aromatic hydroxyl groups is 1. The summed E-state index contributed by atoms with van der Waals surface area (Å²) in [7, 11) is 1.39. The Morgan fingerprint density at radius 1 is 1.35 bits per heavy atom. The maximum atomic E-state index is 13.0. The summed E-state index contributed by atoms with van der Waals surface area (Å²) >= 11 is 5.63. The Labute approximate surface area is 119 Å². The Morgan fingerprint density at radius 3 is 2.75 bits per heavy atom. The van der Waals surface area contributed by atoms with Crippen LogP contribution in [0.2, 0.25) is 5.02 Å². The first kappa shape index (κ1) is 14.1. The number of carbonyl (C=O) groups excluding carboxylic acids is 1. The zero-order valence-corrected chi connectivity index (χ0v) is 11.2. The predicted octanol–water partition coefficient (Wildman–Crippen LogP) is 3.45. The third-order valence-electron chi connectivity index (χ3n) is 2.64. The molecule has 0 fully saturated rings. The van der Waals surface area contributed by atoms with Crippen LogP contribution in [0, 0.1) is 5.82 Å². The van der Waals surface area contributed by atoms with Gasteiger partial charge in [-0.25, -0.2) is 4.39 Å². The highest BCUT2D eigenvalue weighted by Gasteiger charge is 2.15. The average Bonchev–Trinajstić information content (AvgIpc) is 2.43. The highest BCUT2D eigenvalue weighted by atomic mass is 35.5. The van der Waals surface area contributed by atoms with Crippen LogP contribution in [0.1, 0.15) is 10.4 Å². The number of nitrogens with one attached hydrogen (secondary N) is 1. The molecule has 0 spiro atoms. The Bertz CT molecular complexity index is 661. The van der Waals surface area contributed by atoms with Crippen LogP contribution in [0.5, 0.6) is 11.5 Å². The monoisotopic (exact) mass is 295 g/mol. The summed E-state index contributed by atoms with van der Waals surface area (Å²) in [4.78, 5) is 12.0. The molecule has 0 saturated heterocycles. The number of carbonyl (C=O) groups is 1. The SMILES string of the molecule is COc1cccc(C(=O)Nc2ccc(F)c(Cl)c2)c1O. The number of methoxy groups -OCH3 is 1. The topological polar surface area (TPSA) is 58.6 Å². The summed E-state index contributed by atoms with van der Waals surface area (Å²) in [6, 6.07) is 8.34. The Hall–Kier alpha value is -2.27. The maximum Gasteiger partial charge on any atom is 0.259 e. The van der Waals surface area contributed by atoms with Crippen LogP contribution >= 0.6 is 11.6 Å². The summed E-state index contributed by atoms with van der Waals surface area (Å²) in [6.45, 7) is 0. The smallest absolute Gasteiger partial charge is 0.259 e. The summed E-state index contributed by atoms with van der Waals surface area (Å²) in [5, 5.41) is 12.3. The summed E-state index contributed by atoms with van der Waals surface area (Å²) < 4.78 is 17.9. The molecular formula is C14H11ClFNO3. The van der Waals surface area contributed by atoms with Crippen molar-refractivity contribution in [2.24, 2.45) is 0 Å². The Balaban J connectivity index is 2.26. The molecule has 0 aliphatic rings. The fourth-order valence-corrected chi connectivity index (χ4v) is 1.82. The van der Waals surface area contributed by atoms with E-state index in [1.807, 2.05) is 0 Å². The van der Waals surface area contributed by atoms with E-state index in [0.717, 1.165) is 6.07 Å². The quantitative estimate of drug-likeness (QED) is 0.912. The normalized spacial score (nSPS) is 10.2. The van der Waals surface area contributed by atoms with Crippen molar-refractivity contribution in [1.82, 2.24) is 0 Å². The second-order valence-electron chi connectivity index (χ2n) is 3.94. The van der Waals surface area contributed by atoms with Crippen LogP contribution in [0.25, 0.3) is 0 Å². The van der Waals surface area contributed by atoms with E-state index in [-0.39, 0.29) is 22.1 Å². The zero-order valence-electron chi connectivity index (χ0n) is 10.5. The van der Waals surface area contributed by atoms with Crippen LogP contribution < -0.4 is 10.1 Å². The molecular weight excluding hydrogens is 285 g/mol. The van der Waals surface area contributed by atoms with Gasteiger partial charge in [-0.15, -0.1) is 0 Å². The van der Waals surface area contributed by atoms with Crippen molar-refractivity contribution in [3.05, 3.63) is 52.8 Å². The average molecular weight is 296 g/mol. The highest BCUT2D eigenvalue weighted by Crippen LogP contribution is 2.30. The van der Waals surface area contributed by atoms with Gasteiger partial charge in [0, 0.05) is 5.69 Å². The molecule has 0 aliphatic carbocycles. The van der Waals surface area contributed by atoms with E-state index in [1.54, 1.807) is 6.07 Å². The van der Waals surface area contributed by atoms with Crippen LogP contribution in [0.3, 0.4) is 0 Å². The molecule has 6 heteroatoms. The van der Waals surface area contributed by atoms with Crippen molar-refractivity contribution in [1.29, 1.82) is 0 Å². The molecule has 0 heterocycles. The molecule has 104 valence electrons. The number of halogens is 2. The van der Waals surface area contributed by atoms with Crippen molar-refractivity contribution in [3.63, 3.8) is 0 Å². The van der Waals surface area contributed by atoms with Gasteiger partial charge in [0.1, 0.15) is 5.82 Å². The number of phenols is 1. The molecule has 2 aromatic carbocycles. The molecule has 2 N–H and O–H groups in total. The molecule has 1 amide bonds. The lowest BCUT2D eigenvalue weighted by atomic mass is 10.1. The number of hydrogen-bond acceptors (Lipinski definition) is 3. The highest BCUT2D eigenvalue weighted by molar-refractivity contribution is 6.31. The first-order valence-corrected chi connectivity index (χ1v) is 6.03. The van der Waals surface area contributed by atoms with E-state index in [4.69, 9.17) is 16.3 Å². The van der Waals surface area contributed by atoms with E-state index < -0.39 is 11.7 Å². The van der Waals surface area contributed by atoms with Crippen molar-refractivity contribution < 1.29 is 19.0 Å². The van der Waals surface area contributed by atoms with Gasteiger partial charge in [-0.1, -0.05) is 17.7 Å². The lowest BCUT2D eigenvalue weighted by Crippen LogP contribution is -2.12. The summed E-state index contributed by atoms with van der Waals surface area (Å²) in [5.41, 5.74) is 0.369. The molecule has 0 radical (unpaired) electrons. The zero-order chi connectivity index (χ0) is 14.7. The molecule has 0 unspecified atom stereocenters. The summed E-state index contributed by atoms with van der Waals surface area (Å²) in [6.07, 6.45) is 0. The van der Waals surface area contributed by atoms with Crippen LogP contribution in [-0.2, 0) is 0 Å². The number of amides is 1. The van der Waals surface area contributed by atoms with Gasteiger partial charge in [-0.2, -0.15) is 0 Å². The van der Waals surface area contributed by atoms with Gasteiger partial charge in [-0.05, 0) is 30.3 Å². The van der Waals surface area contributed by atoms with E-state index in [2.05, 4.69) is 5.32 Å². The predicted molar refractivity (Wildman–Crippen MR) is 74.0 cm³/mol. The first-order chi connectivity index (χ1) is 9.52. The molecule has 0 saturated carbocycles. The van der Waals surface area contributed by atoms with Crippen molar-refractivity contribution in [3.8, 4) is 11.5 Å². The molecule has 0 aliphatic heterocycles. The number of benzene rings is 2. The molecule has 20 heavy (non-hydrogen) atoms. The first-order valence-electron chi connectivity index (χ1n) is 5.65. The van der Waals surface area contributed by atoms with Gasteiger partial charge in [0.05, 0.1) is 17.7 Å². The van der Waals surface area contributed by atoms with Gasteiger partial charge in [0.2, 0.25) is 0 Å². The molecule has 0 aromatic heterocycles. The maximum absolute atomic E-state index is 13.0. The third kappa shape index (κ3) is 2.83. The van der Waals surface area contributed by atoms with Crippen molar-refractivity contribution >= 4 is 23.2 Å². The van der Waals surface area contributed by atoms with E-state index in [1.165, 1.54) is 31.4 Å². The van der Waals surface area contributed by atoms with Gasteiger partial charge in [-0.3, -0.25) is 4.79 Å². The molecule has 2 aromatic rings. The van der Waals surface area contributed by atoms with Gasteiger partial charge >= 0.3 is 0 Å². The largest absolute Gasteiger partial charge is 0.504 e. The lowest BCUT2D eigenvalue weighted by Gasteiger charge is -2.09. The number of hydrogen-bond donors (Lipinski definition) is 2. The van der Waals surface area contributed by atoms with Gasteiger partial charge < -0.3 is 15.2 Å². The number of ether oxygens (including phenoxy) is 1. The Morgan fingerprint density at radius 2 is 2.10 bits per heavy atom. The fraction of sp³-hybridized carbons (Fsp3) is 0.0714. The minimum absolute atomic E-state index is 0.0461. The second kappa shape index (κ2) is 5.79. The second-order valence-corrected chi connectivity index (χ2v) is 4.35. The number of anilines is 1. The minimum Gasteiger partial charge on any atom is -0.504 e. The molecule has 2 rings (SSSR count). The van der Waals surface area contributed by atoms with Crippen molar-refractivity contribution in [2.45, 2.75) is 0 Å². The van der Waals surface area contributed by atoms with E-state index in [0.29, 0.717) is 5.69 Å². The summed E-state index contributed by atoms with van der Waals surface area (Å²) in [5.74, 6) is -1.20.